The number of nitrogens with zero attached hydrogens (tertiary/aromatic N) is 2. The van der Waals surface area contributed by atoms with E-state index in [4.69, 9.17) is 5.11 Å². The molecule has 0 aliphatic heterocycles. The Balaban J connectivity index is 1.91. The van der Waals surface area contributed by atoms with Crippen LogP contribution in [0.4, 0.5) is 0 Å². The molecule has 0 aromatic carbocycles. The Morgan fingerprint density at radius 3 is 3.16 bits per heavy atom. The number of carbonyl (C=O) groups is 1. The number of thiophene rings is 1. The molecule has 7 heteroatoms. The van der Waals surface area contributed by atoms with E-state index in [1.807, 2.05) is 0 Å². The highest BCUT2D eigenvalue weighted by Crippen LogP contribution is 2.15. The van der Waals surface area contributed by atoms with E-state index in [-0.39, 0.29) is 19.1 Å². The number of carbonyl (C=O) groups excluding carboxylic acids is 1. The van der Waals surface area contributed by atoms with Gasteiger partial charge in [0.2, 0.25) is 6.39 Å². The smallest absolute Gasteiger partial charge is 0.261 e. The van der Waals surface area contributed by atoms with E-state index in [9.17, 15) is 4.79 Å². The van der Waals surface area contributed by atoms with Crippen molar-refractivity contribution in [1.29, 1.82) is 0 Å². The normalized spacial score (nSPS) is 9.74. The molecule has 0 saturated carbocycles. The fourth-order valence-electron chi connectivity index (χ4n) is 1.25. The predicted octanol–water partition coefficient (Wildman–Crippen LogP) is 0.795. The van der Waals surface area contributed by atoms with E-state index in [2.05, 4.69) is 31.8 Å². The van der Waals surface area contributed by atoms with E-state index >= 15 is 0 Å². The van der Waals surface area contributed by atoms with Crippen LogP contribution >= 0.6 is 11.3 Å². The second kappa shape index (κ2) is 6.68. The molecule has 19 heavy (non-hydrogen) atoms. The summed E-state index contributed by atoms with van der Waals surface area (Å²) in [5, 5.41) is 14.9. The molecule has 1 amide bonds. The van der Waals surface area contributed by atoms with Gasteiger partial charge in [-0.15, -0.1) is 11.3 Å². The molecule has 2 aromatic heterocycles. The number of aromatic nitrogens is 2. The van der Waals surface area contributed by atoms with Crippen molar-refractivity contribution in [2.75, 3.05) is 6.61 Å². The summed E-state index contributed by atoms with van der Waals surface area (Å²) in [6.45, 7) is 0.259. The van der Waals surface area contributed by atoms with Crippen LogP contribution in [0.3, 0.4) is 0 Å². The molecule has 0 unspecified atom stereocenters. The Hall–Kier alpha value is -2.17. The lowest BCUT2D eigenvalue weighted by Gasteiger charge is -1.98. The zero-order chi connectivity index (χ0) is 13.5. The predicted molar refractivity (Wildman–Crippen MR) is 68.4 cm³/mol. The number of aliphatic hydroxyl groups excluding tert-OH is 1. The van der Waals surface area contributed by atoms with E-state index in [0.29, 0.717) is 17.1 Å². The van der Waals surface area contributed by atoms with Crippen molar-refractivity contribution >= 4 is 17.2 Å². The van der Waals surface area contributed by atoms with Crippen molar-refractivity contribution in [3.63, 3.8) is 0 Å². The van der Waals surface area contributed by atoms with Crippen LogP contribution in [0.15, 0.2) is 23.0 Å². The highest BCUT2D eigenvalue weighted by atomic mass is 32.1. The minimum Gasteiger partial charge on any atom is -0.395 e. The molecule has 0 atom stereocenters. The molecular formula is C12H11N3O3S. The summed E-state index contributed by atoms with van der Waals surface area (Å²) in [6, 6.07) is 3.48. The van der Waals surface area contributed by atoms with Crippen LogP contribution < -0.4 is 5.32 Å². The highest BCUT2D eigenvalue weighted by molar-refractivity contribution is 7.14. The number of aliphatic hydroxyl groups is 1. The second-order valence-electron chi connectivity index (χ2n) is 3.47. The van der Waals surface area contributed by atoms with Crippen LogP contribution in [0.1, 0.15) is 26.8 Å². The van der Waals surface area contributed by atoms with Crippen LogP contribution in [0.2, 0.25) is 0 Å². The second-order valence-corrected chi connectivity index (χ2v) is 4.55. The van der Waals surface area contributed by atoms with Gasteiger partial charge in [0.1, 0.15) is 0 Å². The van der Waals surface area contributed by atoms with Gasteiger partial charge in [-0.3, -0.25) is 4.79 Å². The summed E-state index contributed by atoms with van der Waals surface area (Å²) in [7, 11) is 0. The lowest BCUT2D eigenvalue weighted by Crippen LogP contribution is -2.22. The van der Waals surface area contributed by atoms with Crippen LogP contribution in [0.25, 0.3) is 0 Å². The Kier molecular flexibility index (Phi) is 4.66. The molecule has 2 heterocycles. The fourth-order valence-corrected chi connectivity index (χ4v) is 2.05. The molecule has 0 bridgehead atoms. The topological polar surface area (TPSA) is 88.3 Å². The number of hydrogen-bond donors (Lipinski definition) is 2. The summed E-state index contributed by atoms with van der Waals surface area (Å²) < 4.78 is 4.56. The van der Waals surface area contributed by atoms with Crippen molar-refractivity contribution in [1.82, 2.24) is 15.5 Å². The summed E-state index contributed by atoms with van der Waals surface area (Å²) in [5.41, 5.74) is 0. The molecule has 0 saturated heterocycles. The summed E-state index contributed by atoms with van der Waals surface area (Å²) in [4.78, 5) is 17.0. The van der Waals surface area contributed by atoms with Gasteiger partial charge in [-0.2, -0.15) is 4.98 Å². The van der Waals surface area contributed by atoms with Gasteiger partial charge in [0.05, 0.1) is 22.9 Å². The third-order valence-corrected chi connectivity index (χ3v) is 3.09. The first-order valence-electron chi connectivity index (χ1n) is 5.52. The monoisotopic (exact) mass is 277 g/mol. The van der Waals surface area contributed by atoms with E-state index in [0.717, 1.165) is 4.88 Å². The molecule has 6 nitrogen and oxygen atoms in total. The van der Waals surface area contributed by atoms with Gasteiger partial charge >= 0.3 is 0 Å². The molecule has 0 aliphatic rings. The molecule has 0 spiro atoms. The van der Waals surface area contributed by atoms with Crippen molar-refractivity contribution < 1.29 is 14.4 Å². The number of rotatable bonds is 4. The standard InChI is InChI=1S/C12H11N3O3S/c16-6-2-1-3-9-4-5-10(19-9)12(17)13-7-11-14-8-18-15-11/h4-5,8,16H,2,6-7H2,(H,13,17). The van der Waals surface area contributed by atoms with Gasteiger partial charge in [-0.25, -0.2) is 0 Å². The lowest BCUT2D eigenvalue weighted by molar-refractivity contribution is 0.0953. The van der Waals surface area contributed by atoms with Gasteiger partial charge < -0.3 is 14.9 Å². The third kappa shape index (κ3) is 3.91. The lowest BCUT2D eigenvalue weighted by atomic mass is 10.4. The first kappa shape index (κ1) is 13.3. The molecule has 2 N–H and O–H groups in total. The largest absolute Gasteiger partial charge is 0.395 e. The average Bonchev–Trinajstić information content (AvgIpc) is 3.07. The highest BCUT2D eigenvalue weighted by Gasteiger charge is 2.09. The first-order chi connectivity index (χ1) is 9.29. The Morgan fingerprint density at radius 1 is 1.53 bits per heavy atom. The molecule has 2 rings (SSSR count). The van der Waals surface area contributed by atoms with Crippen LogP contribution in [0.5, 0.6) is 0 Å². The van der Waals surface area contributed by atoms with Gasteiger partial charge in [-0.1, -0.05) is 17.0 Å². The minimum absolute atomic E-state index is 0.0381. The average molecular weight is 277 g/mol. The van der Waals surface area contributed by atoms with Gasteiger partial charge in [0.15, 0.2) is 5.82 Å². The SMILES string of the molecule is O=C(NCc1ncon1)c1ccc(C#CCCO)s1. The number of hydrogen-bond acceptors (Lipinski definition) is 6. The molecule has 2 aromatic rings. The van der Waals surface area contributed by atoms with Crippen molar-refractivity contribution in [2.45, 2.75) is 13.0 Å². The van der Waals surface area contributed by atoms with Gasteiger partial charge in [0, 0.05) is 6.42 Å². The molecule has 0 fully saturated rings. The summed E-state index contributed by atoms with van der Waals surface area (Å²) >= 11 is 1.30. The third-order valence-electron chi connectivity index (χ3n) is 2.09. The van der Waals surface area contributed by atoms with Crippen molar-refractivity contribution in [3.8, 4) is 11.8 Å². The zero-order valence-corrected chi connectivity index (χ0v) is 10.7. The van der Waals surface area contributed by atoms with Crippen molar-refractivity contribution in [2.24, 2.45) is 0 Å². The van der Waals surface area contributed by atoms with Crippen LogP contribution in [0, 0.1) is 11.8 Å². The fraction of sp³-hybridized carbons (Fsp3) is 0.250. The minimum atomic E-state index is -0.204. The molecule has 98 valence electrons. The van der Waals surface area contributed by atoms with Crippen LogP contribution in [-0.2, 0) is 6.54 Å². The summed E-state index contributed by atoms with van der Waals surface area (Å²) in [6.07, 6.45) is 1.64. The maximum Gasteiger partial charge on any atom is 0.261 e. The van der Waals surface area contributed by atoms with Gasteiger partial charge in [0.25, 0.3) is 5.91 Å². The number of nitrogens with one attached hydrogen (secondary N) is 1. The van der Waals surface area contributed by atoms with E-state index in [1.165, 1.54) is 17.7 Å². The number of amides is 1. The molecule has 0 aliphatic carbocycles. The Labute approximate surface area is 113 Å². The maximum atomic E-state index is 11.8. The summed E-state index contributed by atoms with van der Waals surface area (Å²) in [5.74, 6) is 5.90. The molecule has 0 radical (unpaired) electrons. The van der Waals surface area contributed by atoms with Gasteiger partial charge in [-0.05, 0) is 12.1 Å². The Bertz CT molecular complexity index is 595. The quantitative estimate of drug-likeness (QED) is 0.807. The van der Waals surface area contributed by atoms with Crippen LogP contribution in [-0.4, -0.2) is 27.8 Å². The van der Waals surface area contributed by atoms with Crippen molar-refractivity contribution in [3.05, 3.63) is 34.1 Å². The first-order valence-corrected chi connectivity index (χ1v) is 6.34. The van der Waals surface area contributed by atoms with E-state index < -0.39 is 0 Å². The molecular weight excluding hydrogens is 266 g/mol. The van der Waals surface area contributed by atoms with E-state index in [1.54, 1.807) is 12.1 Å². The Morgan fingerprint density at radius 2 is 2.42 bits per heavy atom. The zero-order valence-electron chi connectivity index (χ0n) is 9.92. The maximum absolute atomic E-state index is 11.8.